The normalized spacial score (nSPS) is 11.4. The van der Waals surface area contributed by atoms with Crippen molar-refractivity contribution in [2.75, 3.05) is 0 Å². The molecule has 7 heteroatoms. The molecule has 7 nitrogen and oxygen atoms in total. The largest absolute Gasteiger partial charge is 0.481 e. The second-order valence-corrected chi connectivity index (χ2v) is 5.64. The second kappa shape index (κ2) is 6.72. The van der Waals surface area contributed by atoms with Crippen LogP contribution in [0.2, 0.25) is 0 Å². The number of aromatic amines is 1. The summed E-state index contributed by atoms with van der Waals surface area (Å²) in [5.41, 5.74) is 1.98. The summed E-state index contributed by atoms with van der Waals surface area (Å²) in [5, 5.41) is 14.4. The van der Waals surface area contributed by atoms with Crippen molar-refractivity contribution in [3.05, 3.63) is 57.4 Å². The Hall–Kier alpha value is -3.22. The van der Waals surface area contributed by atoms with Gasteiger partial charge in [-0.05, 0) is 32.1 Å². The molecule has 25 heavy (non-hydrogen) atoms. The SMILES string of the molecule is CCn1nc(/C=C/c2nc(C)c(CC(=O)O)c(=O)[nH]2)c2ccccc21. The van der Waals surface area contributed by atoms with Crippen molar-refractivity contribution in [3.63, 3.8) is 0 Å². The van der Waals surface area contributed by atoms with Crippen molar-refractivity contribution in [1.82, 2.24) is 19.7 Å². The highest BCUT2D eigenvalue weighted by Crippen LogP contribution is 2.20. The number of aryl methyl sites for hydroxylation is 2. The zero-order valence-corrected chi connectivity index (χ0v) is 14.0. The Balaban J connectivity index is 1.98. The van der Waals surface area contributed by atoms with Gasteiger partial charge in [-0.25, -0.2) is 4.98 Å². The number of H-pyrrole nitrogens is 1. The van der Waals surface area contributed by atoms with Gasteiger partial charge in [0.2, 0.25) is 0 Å². The lowest BCUT2D eigenvalue weighted by atomic mass is 10.1. The first kappa shape index (κ1) is 16.6. The molecule has 0 atom stereocenters. The molecule has 0 amide bonds. The minimum atomic E-state index is -1.06. The summed E-state index contributed by atoms with van der Waals surface area (Å²) in [6.07, 6.45) is 3.13. The Morgan fingerprint density at radius 2 is 2.08 bits per heavy atom. The van der Waals surface area contributed by atoms with E-state index in [-0.39, 0.29) is 12.0 Å². The van der Waals surface area contributed by atoms with Gasteiger partial charge in [0.1, 0.15) is 5.82 Å². The first-order valence-electron chi connectivity index (χ1n) is 7.94. The van der Waals surface area contributed by atoms with E-state index in [1.807, 2.05) is 35.9 Å². The highest BCUT2D eigenvalue weighted by atomic mass is 16.4. The fourth-order valence-corrected chi connectivity index (χ4v) is 2.75. The average molecular weight is 338 g/mol. The zero-order chi connectivity index (χ0) is 18.0. The van der Waals surface area contributed by atoms with Gasteiger partial charge in [0.05, 0.1) is 17.6 Å². The number of aliphatic carboxylic acids is 1. The molecule has 0 aliphatic carbocycles. The van der Waals surface area contributed by atoms with Crippen LogP contribution >= 0.6 is 0 Å². The van der Waals surface area contributed by atoms with Crippen LogP contribution in [0, 0.1) is 6.92 Å². The van der Waals surface area contributed by atoms with Gasteiger partial charge in [0.25, 0.3) is 5.56 Å². The second-order valence-electron chi connectivity index (χ2n) is 5.64. The predicted molar refractivity (Wildman–Crippen MR) is 95.3 cm³/mol. The smallest absolute Gasteiger partial charge is 0.308 e. The highest BCUT2D eigenvalue weighted by molar-refractivity contribution is 5.89. The zero-order valence-electron chi connectivity index (χ0n) is 14.0. The van der Waals surface area contributed by atoms with Crippen LogP contribution in [0.4, 0.5) is 0 Å². The predicted octanol–water partition coefficient (Wildman–Crippen LogP) is 2.25. The van der Waals surface area contributed by atoms with Crippen molar-refractivity contribution < 1.29 is 9.90 Å². The molecule has 3 rings (SSSR count). The molecule has 0 spiro atoms. The molecule has 0 saturated heterocycles. The van der Waals surface area contributed by atoms with Crippen molar-refractivity contribution in [1.29, 1.82) is 0 Å². The molecule has 1 aromatic carbocycles. The van der Waals surface area contributed by atoms with Crippen molar-refractivity contribution in [3.8, 4) is 0 Å². The summed E-state index contributed by atoms with van der Waals surface area (Å²) in [5.74, 6) is -0.693. The molecule has 0 saturated carbocycles. The lowest BCUT2D eigenvalue weighted by Crippen LogP contribution is -2.20. The van der Waals surface area contributed by atoms with E-state index < -0.39 is 11.5 Å². The van der Waals surface area contributed by atoms with Gasteiger partial charge in [-0.2, -0.15) is 5.10 Å². The van der Waals surface area contributed by atoms with E-state index >= 15 is 0 Å². The van der Waals surface area contributed by atoms with Gasteiger partial charge < -0.3 is 10.1 Å². The third kappa shape index (κ3) is 3.35. The number of carboxylic acids is 1. The number of rotatable bonds is 5. The number of aromatic nitrogens is 4. The summed E-state index contributed by atoms with van der Waals surface area (Å²) in [6, 6.07) is 7.92. The Labute approximate surface area is 143 Å². The Bertz CT molecular complexity index is 1030. The van der Waals surface area contributed by atoms with Crippen LogP contribution in [0.5, 0.6) is 0 Å². The first-order valence-corrected chi connectivity index (χ1v) is 7.94. The molecule has 0 fully saturated rings. The Kier molecular flexibility index (Phi) is 4.47. The Morgan fingerprint density at radius 3 is 2.76 bits per heavy atom. The van der Waals surface area contributed by atoms with E-state index in [4.69, 9.17) is 5.11 Å². The fourth-order valence-electron chi connectivity index (χ4n) is 2.75. The van der Waals surface area contributed by atoms with Crippen LogP contribution in [0.3, 0.4) is 0 Å². The number of fused-ring (bicyclic) bond motifs is 1. The van der Waals surface area contributed by atoms with E-state index in [1.165, 1.54) is 0 Å². The molecule has 0 bridgehead atoms. The van der Waals surface area contributed by atoms with Gasteiger partial charge in [0.15, 0.2) is 0 Å². The van der Waals surface area contributed by atoms with Gasteiger partial charge in [-0.1, -0.05) is 18.2 Å². The number of nitrogens with zero attached hydrogens (tertiary/aromatic N) is 3. The van der Waals surface area contributed by atoms with Crippen molar-refractivity contribution in [2.24, 2.45) is 0 Å². The van der Waals surface area contributed by atoms with E-state index in [0.29, 0.717) is 11.5 Å². The van der Waals surface area contributed by atoms with Gasteiger partial charge in [0, 0.05) is 23.2 Å². The molecular formula is C18H18N4O3. The molecule has 0 aliphatic heterocycles. The molecule has 2 N–H and O–H groups in total. The molecule has 0 aliphatic rings. The minimum absolute atomic E-state index is 0.172. The van der Waals surface area contributed by atoms with E-state index in [9.17, 15) is 9.59 Å². The van der Waals surface area contributed by atoms with Gasteiger partial charge in [-0.3, -0.25) is 14.3 Å². The quantitative estimate of drug-likeness (QED) is 0.743. The molecule has 2 aromatic heterocycles. The van der Waals surface area contributed by atoms with Crippen LogP contribution in [0.25, 0.3) is 23.1 Å². The number of para-hydroxylation sites is 1. The average Bonchev–Trinajstić information content (AvgIpc) is 2.94. The summed E-state index contributed by atoms with van der Waals surface area (Å²) in [7, 11) is 0. The number of benzene rings is 1. The fraction of sp³-hybridized carbons (Fsp3) is 0.222. The highest BCUT2D eigenvalue weighted by Gasteiger charge is 2.11. The number of hydrogen-bond acceptors (Lipinski definition) is 4. The van der Waals surface area contributed by atoms with Crippen LogP contribution in [0.15, 0.2) is 29.1 Å². The molecule has 3 aromatic rings. The maximum absolute atomic E-state index is 12.1. The maximum atomic E-state index is 12.1. The summed E-state index contributed by atoms with van der Waals surface area (Å²) in [4.78, 5) is 29.8. The molecule has 0 unspecified atom stereocenters. The van der Waals surface area contributed by atoms with Crippen LogP contribution in [0.1, 0.15) is 29.7 Å². The van der Waals surface area contributed by atoms with E-state index in [1.54, 1.807) is 19.1 Å². The topological polar surface area (TPSA) is 101 Å². The number of carbonyl (C=O) groups is 1. The third-order valence-corrected chi connectivity index (χ3v) is 3.95. The van der Waals surface area contributed by atoms with Crippen LogP contribution < -0.4 is 5.56 Å². The van der Waals surface area contributed by atoms with Crippen LogP contribution in [-0.4, -0.2) is 30.8 Å². The standard InChI is InChI=1S/C18H18N4O3/c1-3-22-15-7-5-4-6-12(15)14(21-22)8-9-16-19-11(2)13(10-17(23)24)18(25)20-16/h4-9H,3,10H2,1-2H3,(H,23,24)(H,19,20,25)/b9-8+. The lowest BCUT2D eigenvalue weighted by molar-refractivity contribution is -0.136. The van der Waals surface area contributed by atoms with Crippen LogP contribution in [-0.2, 0) is 17.8 Å². The lowest BCUT2D eigenvalue weighted by Gasteiger charge is -2.02. The van der Waals surface area contributed by atoms with Gasteiger partial charge in [-0.15, -0.1) is 0 Å². The first-order chi connectivity index (χ1) is 12.0. The summed E-state index contributed by atoms with van der Waals surface area (Å²) >= 11 is 0. The molecule has 128 valence electrons. The Morgan fingerprint density at radius 1 is 1.32 bits per heavy atom. The number of hydrogen-bond donors (Lipinski definition) is 2. The monoisotopic (exact) mass is 338 g/mol. The van der Waals surface area contributed by atoms with Gasteiger partial charge >= 0.3 is 5.97 Å². The van der Waals surface area contributed by atoms with E-state index in [2.05, 4.69) is 15.1 Å². The van der Waals surface area contributed by atoms with E-state index in [0.717, 1.165) is 23.1 Å². The summed E-state index contributed by atoms with van der Waals surface area (Å²) in [6.45, 7) is 4.41. The molecule has 2 heterocycles. The summed E-state index contributed by atoms with van der Waals surface area (Å²) < 4.78 is 1.91. The molecule has 0 radical (unpaired) electrons. The third-order valence-electron chi connectivity index (χ3n) is 3.95. The number of nitrogens with one attached hydrogen (secondary N) is 1. The maximum Gasteiger partial charge on any atom is 0.308 e. The molecular weight excluding hydrogens is 320 g/mol. The minimum Gasteiger partial charge on any atom is -0.481 e. The van der Waals surface area contributed by atoms with Crippen molar-refractivity contribution in [2.45, 2.75) is 26.8 Å². The number of carboxylic acid groups (broad SMARTS) is 1. The van der Waals surface area contributed by atoms with Crippen molar-refractivity contribution >= 4 is 29.0 Å².